The number of nitrogens with zero attached hydrogens (tertiary/aromatic N) is 1. The molecule has 0 aliphatic heterocycles. The van der Waals surface area contributed by atoms with Crippen molar-refractivity contribution >= 4 is 5.69 Å². The van der Waals surface area contributed by atoms with E-state index in [-0.39, 0.29) is 5.69 Å². The molecule has 0 bridgehead atoms. The van der Waals surface area contributed by atoms with E-state index in [1.807, 2.05) is 0 Å². The Hall–Kier alpha value is -1.19. The van der Waals surface area contributed by atoms with Crippen LogP contribution < -0.4 is 5.32 Å². The minimum absolute atomic E-state index is 0.142. The van der Waals surface area contributed by atoms with Crippen molar-refractivity contribution in [2.45, 2.75) is 6.92 Å². The molecule has 1 rings (SSSR count). The van der Waals surface area contributed by atoms with Gasteiger partial charge < -0.3 is 0 Å². The van der Waals surface area contributed by atoms with Crippen molar-refractivity contribution in [3.63, 3.8) is 0 Å². The fourth-order valence-corrected chi connectivity index (χ4v) is 0.808. The highest BCUT2D eigenvalue weighted by molar-refractivity contribution is 5.38. The first kappa shape index (κ1) is 8.90. The number of halogens is 3. The Kier molecular flexibility index (Phi) is 2.58. The Morgan fingerprint density at radius 1 is 1.17 bits per heavy atom. The number of rotatable bonds is 2. The first-order valence-electron chi connectivity index (χ1n) is 3.47. The van der Waals surface area contributed by atoms with E-state index in [1.54, 1.807) is 6.92 Å². The number of hydrogen-bond donors (Lipinski definition) is 0. The monoisotopic (exact) mass is 174 g/mol. The van der Waals surface area contributed by atoms with Crippen LogP contribution in [0.25, 0.3) is 0 Å². The third kappa shape index (κ3) is 1.52. The largest absolute Gasteiger partial charge is 0.282 e. The second-order valence-corrected chi connectivity index (χ2v) is 2.17. The van der Waals surface area contributed by atoms with Crippen LogP contribution in [0.3, 0.4) is 0 Å². The molecule has 0 saturated heterocycles. The van der Waals surface area contributed by atoms with Crippen molar-refractivity contribution in [3.8, 4) is 0 Å². The average molecular weight is 174 g/mol. The van der Waals surface area contributed by atoms with Gasteiger partial charge in [-0.05, 0) is 19.1 Å². The van der Waals surface area contributed by atoms with E-state index in [9.17, 15) is 13.2 Å². The number of benzene rings is 1. The van der Waals surface area contributed by atoms with Crippen LogP contribution in [0.15, 0.2) is 12.1 Å². The van der Waals surface area contributed by atoms with Crippen LogP contribution in [-0.2, 0) is 0 Å². The zero-order valence-electron chi connectivity index (χ0n) is 6.44. The lowest BCUT2D eigenvalue weighted by Crippen LogP contribution is -2.01. The van der Waals surface area contributed by atoms with Gasteiger partial charge in [0.25, 0.3) is 0 Å². The molecule has 0 aliphatic rings. The molecule has 65 valence electrons. The highest BCUT2D eigenvalue weighted by Gasteiger charge is 2.12. The molecule has 4 heteroatoms. The smallest absolute Gasteiger partial charge is 0.196 e. The lowest BCUT2D eigenvalue weighted by Gasteiger charge is -2.02. The first-order chi connectivity index (χ1) is 5.66. The van der Waals surface area contributed by atoms with E-state index < -0.39 is 17.5 Å². The maximum absolute atomic E-state index is 12.7. The highest BCUT2D eigenvalue weighted by atomic mass is 19.2. The van der Waals surface area contributed by atoms with Gasteiger partial charge in [0.15, 0.2) is 17.5 Å². The fraction of sp³-hybridized carbons (Fsp3) is 0.250. The van der Waals surface area contributed by atoms with Crippen LogP contribution in [-0.4, -0.2) is 6.54 Å². The van der Waals surface area contributed by atoms with E-state index in [0.29, 0.717) is 6.54 Å². The Morgan fingerprint density at radius 2 is 1.83 bits per heavy atom. The van der Waals surface area contributed by atoms with Gasteiger partial charge in [0.1, 0.15) is 0 Å². The van der Waals surface area contributed by atoms with Crippen molar-refractivity contribution in [2.75, 3.05) is 6.54 Å². The maximum atomic E-state index is 12.7. The zero-order chi connectivity index (χ0) is 9.14. The van der Waals surface area contributed by atoms with Gasteiger partial charge in [-0.1, -0.05) is 0 Å². The molecule has 1 aromatic rings. The van der Waals surface area contributed by atoms with Crippen molar-refractivity contribution in [3.05, 3.63) is 29.6 Å². The molecule has 0 aromatic heterocycles. The molecule has 0 atom stereocenters. The molecule has 0 spiro atoms. The van der Waals surface area contributed by atoms with E-state index >= 15 is 0 Å². The molecule has 0 aliphatic carbocycles. The molecular formula is C8H7F3N. The maximum Gasteiger partial charge on any atom is 0.196 e. The Morgan fingerprint density at radius 3 is 2.42 bits per heavy atom. The van der Waals surface area contributed by atoms with Crippen molar-refractivity contribution in [2.24, 2.45) is 0 Å². The molecule has 1 radical (unpaired) electrons. The molecule has 0 heterocycles. The van der Waals surface area contributed by atoms with E-state index in [0.717, 1.165) is 12.1 Å². The summed E-state index contributed by atoms with van der Waals surface area (Å²) in [5, 5.41) is 3.63. The molecule has 0 saturated carbocycles. The summed E-state index contributed by atoms with van der Waals surface area (Å²) in [5.74, 6) is -3.89. The molecule has 0 amide bonds. The molecule has 1 nitrogen and oxygen atoms in total. The normalized spacial score (nSPS) is 10.0. The summed E-state index contributed by atoms with van der Waals surface area (Å²) in [6.45, 7) is 2.02. The molecule has 0 N–H and O–H groups in total. The third-order valence-corrected chi connectivity index (χ3v) is 1.34. The lowest BCUT2D eigenvalue weighted by molar-refractivity contribution is 0.445. The van der Waals surface area contributed by atoms with Crippen LogP contribution in [0, 0.1) is 17.5 Å². The van der Waals surface area contributed by atoms with E-state index in [4.69, 9.17) is 0 Å². The second-order valence-electron chi connectivity index (χ2n) is 2.17. The summed E-state index contributed by atoms with van der Waals surface area (Å²) in [5.41, 5.74) is -0.142. The molecule has 0 unspecified atom stereocenters. The van der Waals surface area contributed by atoms with E-state index in [1.165, 1.54) is 0 Å². The lowest BCUT2D eigenvalue weighted by atomic mass is 10.3. The molecule has 1 aromatic carbocycles. The average Bonchev–Trinajstić information content (AvgIpc) is 2.07. The Bertz CT molecular complexity index is 286. The van der Waals surface area contributed by atoms with Gasteiger partial charge in [-0.25, -0.2) is 13.2 Å². The van der Waals surface area contributed by atoms with Gasteiger partial charge in [0.05, 0.1) is 5.69 Å². The summed E-state index contributed by atoms with van der Waals surface area (Å²) < 4.78 is 37.6. The first-order valence-corrected chi connectivity index (χ1v) is 3.47. The van der Waals surface area contributed by atoms with Crippen LogP contribution >= 0.6 is 0 Å². The van der Waals surface area contributed by atoms with Crippen molar-refractivity contribution in [1.82, 2.24) is 5.32 Å². The van der Waals surface area contributed by atoms with Crippen molar-refractivity contribution in [1.29, 1.82) is 0 Å². The van der Waals surface area contributed by atoms with Gasteiger partial charge in [-0.2, -0.15) is 0 Å². The van der Waals surface area contributed by atoms with Gasteiger partial charge in [-0.15, -0.1) is 0 Å². The minimum Gasteiger partial charge on any atom is -0.282 e. The van der Waals surface area contributed by atoms with Gasteiger partial charge in [0.2, 0.25) is 0 Å². The van der Waals surface area contributed by atoms with E-state index in [2.05, 4.69) is 5.32 Å². The van der Waals surface area contributed by atoms with Crippen LogP contribution in [0.5, 0.6) is 0 Å². The molecular weight excluding hydrogens is 167 g/mol. The van der Waals surface area contributed by atoms with Crippen molar-refractivity contribution < 1.29 is 13.2 Å². The summed E-state index contributed by atoms with van der Waals surface area (Å²) in [7, 11) is 0. The summed E-state index contributed by atoms with van der Waals surface area (Å²) >= 11 is 0. The summed E-state index contributed by atoms with van der Waals surface area (Å²) in [4.78, 5) is 0. The standard InChI is InChI=1S/C8H7F3N/c1-2-12-6-4-3-5(9)7(10)8(6)11/h3-4H,2H2,1H3. The Balaban J connectivity index is 3.08. The quantitative estimate of drug-likeness (QED) is 0.611. The zero-order valence-corrected chi connectivity index (χ0v) is 6.44. The van der Waals surface area contributed by atoms with Gasteiger partial charge in [-0.3, -0.25) is 5.32 Å². The summed E-state index contributed by atoms with van der Waals surface area (Å²) in [6, 6.07) is 1.96. The predicted molar refractivity (Wildman–Crippen MR) is 38.7 cm³/mol. The van der Waals surface area contributed by atoms with Crippen LogP contribution in [0.4, 0.5) is 18.9 Å². The third-order valence-electron chi connectivity index (χ3n) is 1.34. The second kappa shape index (κ2) is 3.47. The summed E-state index contributed by atoms with van der Waals surface area (Å²) in [6.07, 6.45) is 0. The minimum atomic E-state index is -1.47. The van der Waals surface area contributed by atoms with Gasteiger partial charge >= 0.3 is 0 Å². The molecule has 0 fully saturated rings. The van der Waals surface area contributed by atoms with Gasteiger partial charge in [0, 0.05) is 6.54 Å². The predicted octanol–water partition coefficient (Wildman–Crippen LogP) is 2.36. The SMILES string of the molecule is CC[N]c1ccc(F)c(F)c1F. The Labute approximate surface area is 68.2 Å². The topological polar surface area (TPSA) is 14.1 Å². The molecule has 12 heavy (non-hydrogen) atoms. The van der Waals surface area contributed by atoms with Crippen LogP contribution in [0.2, 0.25) is 0 Å². The van der Waals surface area contributed by atoms with Crippen LogP contribution in [0.1, 0.15) is 6.92 Å². The number of hydrogen-bond acceptors (Lipinski definition) is 0. The fourth-order valence-electron chi connectivity index (χ4n) is 0.808. The highest BCUT2D eigenvalue weighted by Crippen LogP contribution is 2.19.